The summed E-state index contributed by atoms with van der Waals surface area (Å²) in [7, 11) is 0. The maximum atomic E-state index is 11.8. The van der Waals surface area contributed by atoms with Gasteiger partial charge < -0.3 is 10.4 Å². The zero-order valence-corrected chi connectivity index (χ0v) is 9.47. The van der Waals surface area contributed by atoms with E-state index < -0.39 is 31.0 Å². The smallest absolute Gasteiger partial charge is 0.389 e. The average Bonchev–Trinajstić information content (AvgIpc) is 2.12. The lowest BCUT2D eigenvalue weighted by Gasteiger charge is -2.18. The Labute approximate surface area is 93.0 Å². The van der Waals surface area contributed by atoms with Crippen molar-refractivity contribution >= 4 is 5.91 Å². The van der Waals surface area contributed by atoms with Crippen LogP contribution < -0.4 is 5.32 Å². The molecule has 0 aliphatic carbocycles. The van der Waals surface area contributed by atoms with Crippen molar-refractivity contribution in [1.82, 2.24) is 5.32 Å². The zero-order valence-electron chi connectivity index (χ0n) is 9.47. The first-order chi connectivity index (χ1) is 7.24. The third-order valence-electron chi connectivity index (χ3n) is 1.98. The van der Waals surface area contributed by atoms with Crippen LogP contribution in [0.25, 0.3) is 0 Å². The van der Waals surface area contributed by atoms with E-state index in [9.17, 15) is 18.0 Å². The number of rotatable bonds is 6. The Hall–Kier alpha value is -0.780. The number of amides is 1. The van der Waals surface area contributed by atoms with Crippen molar-refractivity contribution in [2.45, 2.75) is 45.3 Å². The van der Waals surface area contributed by atoms with Crippen molar-refractivity contribution in [3.05, 3.63) is 0 Å². The van der Waals surface area contributed by atoms with Crippen LogP contribution in [0.3, 0.4) is 0 Å². The Morgan fingerprint density at radius 2 is 1.94 bits per heavy atom. The zero-order chi connectivity index (χ0) is 12.8. The molecule has 16 heavy (non-hydrogen) atoms. The Bertz CT molecular complexity index is 217. The third-order valence-corrected chi connectivity index (χ3v) is 1.98. The summed E-state index contributed by atoms with van der Waals surface area (Å²) < 4.78 is 35.4. The van der Waals surface area contributed by atoms with E-state index in [0.29, 0.717) is 6.42 Å². The highest BCUT2D eigenvalue weighted by Gasteiger charge is 2.28. The van der Waals surface area contributed by atoms with Gasteiger partial charge in [0.05, 0.1) is 19.1 Å². The first-order valence-electron chi connectivity index (χ1n) is 5.21. The Balaban J connectivity index is 3.92. The molecule has 3 nitrogen and oxygen atoms in total. The van der Waals surface area contributed by atoms with Crippen LogP contribution in [-0.2, 0) is 4.79 Å². The minimum absolute atomic E-state index is 0.254. The van der Waals surface area contributed by atoms with Crippen LogP contribution >= 0.6 is 0 Å². The van der Waals surface area contributed by atoms with E-state index in [-0.39, 0.29) is 12.5 Å². The van der Waals surface area contributed by atoms with Crippen LogP contribution in [0.4, 0.5) is 13.2 Å². The van der Waals surface area contributed by atoms with Gasteiger partial charge in [-0.1, -0.05) is 13.8 Å². The highest BCUT2D eigenvalue weighted by Crippen LogP contribution is 2.21. The second-order valence-corrected chi connectivity index (χ2v) is 4.19. The molecule has 0 saturated heterocycles. The van der Waals surface area contributed by atoms with Crippen LogP contribution in [0, 0.1) is 5.92 Å². The molecule has 2 N–H and O–H groups in total. The van der Waals surface area contributed by atoms with Crippen molar-refractivity contribution in [2.24, 2.45) is 5.92 Å². The maximum Gasteiger partial charge on any atom is 0.389 e. The van der Waals surface area contributed by atoms with Crippen molar-refractivity contribution < 1.29 is 23.1 Å². The minimum Gasteiger partial charge on any atom is -0.394 e. The fourth-order valence-corrected chi connectivity index (χ4v) is 1.30. The number of halogens is 3. The molecule has 1 amide bonds. The lowest BCUT2D eigenvalue weighted by Crippen LogP contribution is -2.38. The van der Waals surface area contributed by atoms with E-state index >= 15 is 0 Å². The molecule has 0 aliphatic rings. The standard InChI is InChI=1S/C10H18F3NO2/c1-7(2)5-8(6-15)14-9(16)3-4-10(11,12)13/h7-8,15H,3-6H2,1-2H3,(H,14,16). The van der Waals surface area contributed by atoms with Gasteiger partial charge in [-0.15, -0.1) is 0 Å². The fourth-order valence-electron chi connectivity index (χ4n) is 1.30. The second kappa shape index (κ2) is 6.73. The molecule has 0 aromatic heterocycles. The number of nitrogens with one attached hydrogen (secondary N) is 1. The molecule has 0 rings (SSSR count). The molecule has 1 unspecified atom stereocenters. The topological polar surface area (TPSA) is 49.3 Å². The number of carbonyl (C=O) groups is 1. The van der Waals surface area contributed by atoms with Crippen molar-refractivity contribution in [1.29, 1.82) is 0 Å². The third kappa shape index (κ3) is 8.52. The van der Waals surface area contributed by atoms with Crippen LogP contribution in [0.15, 0.2) is 0 Å². The number of carbonyl (C=O) groups excluding carboxylic acids is 1. The molecule has 0 aromatic rings. The Morgan fingerprint density at radius 1 is 1.38 bits per heavy atom. The molecule has 0 bridgehead atoms. The van der Waals surface area contributed by atoms with Crippen LogP contribution in [0.2, 0.25) is 0 Å². The first kappa shape index (κ1) is 15.2. The second-order valence-electron chi connectivity index (χ2n) is 4.19. The first-order valence-corrected chi connectivity index (χ1v) is 5.21. The summed E-state index contributed by atoms with van der Waals surface area (Å²) in [6.07, 6.45) is -5.48. The lowest BCUT2D eigenvalue weighted by molar-refractivity contribution is -0.144. The van der Waals surface area contributed by atoms with Crippen LogP contribution in [0.1, 0.15) is 33.1 Å². The molecular weight excluding hydrogens is 223 g/mol. The summed E-state index contributed by atoms with van der Waals surface area (Å²) in [5, 5.41) is 11.3. The van der Waals surface area contributed by atoms with Gasteiger partial charge in [0, 0.05) is 6.42 Å². The van der Waals surface area contributed by atoms with Gasteiger partial charge in [0.1, 0.15) is 0 Å². The minimum atomic E-state index is -4.32. The quantitative estimate of drug-likeness (QED) is 0.745. The van der Waals surface area contributed by atoms with Gasteiger partial charge in [-0.05, 0) is 12.3 Å². The molecule has 0 saturated carbocycles. The van der Waals surface area contributed by atoms with E-state index in [0.717, 1.165) is 0 Å². The van der Waals surface area contributed by atoms with E-state index in [1.54, 1.807) is 0 Å². The molecule has 0 aliphatic heterocycles. The molecule has 96 valence electrons. The summed E-state index contributed by atoms with van der Waals surface area (Å²) in [4.78, 5) is 11.1. The highest BCUT2D eigenvalue weighted by atomic mass is 19.4. The Morgan fingerprint density at radius 3 is 2.31 bits per heavy atom. The predicted octanol–water partition coefficient (Wildman–Crippen LogP) is 1.85. The van der Waals surface area contributed by atoms with E-state index in [4.69, 9.17) is 5.11 Å². The van der Waals surface area contributed by atoms with Crippen LogP contribution in [-0.4, -0.2) is 29.8 Å². The van der Waals surface area contributed by atoms with E-state index in [1.165, 1.54) is 0 Å². The van der Waals surface area contributed by atoms with Gasteiger partial charge in [0.25, 0.3) is 0 Å². The summed E-state index contributed by atoms with van der Waals surface area (Å²) in [6.45, 7) is 3.56. The van der Waals surface area contributed by atoms with Gasteiger partial charge in [0.15, 0.2) is 0 Å². The molecule has 0 aromatic carbocycles. The largest absolute Gasteiger partial charge is 0.394 e. The summed E-state index contributed by atoms with van der Waals surface area (Å²) in [5.41, 5.74) is 0. The van der Waals surface area contributed by atoms with Gasteiger partial charge in [0.2, 0.25) is 5.91 Å². The molecule has 0 spiro atoms. The number of aliphatic hydroxyl groups excluding tert-OH is 1. The monoisotopic (exact) mass is 241 g/mol. The van der Waals surface area contributed by atoms with E-state index in [1.807, 2.05) is 13.8 Å². The molecule has 1 atom stereocenters. The van der Waals surface area contributed by atoms with Crippen molar-refractivity contribution in [2.75, 3.05) is 6.61 Å². The van der Waals surface area contributed by atoms with E-state index in [2.05, 4.69) is 5.32 Å². The normalized spacial score (nSPS) is 13.9. The van der Waals surface area contributed by atoms with Gasteiger partial charge in [-0.25, -0.2) is 0 Å². The maximum absolute atomic E-state index is 11.8. The number of hydrogen-bond donors (Lipinski definition) is 2. The SMILES string of the molecule is CC(C)CC(CO)NC(=O)CCC(F)(F)F. The van der Waals surface area contributed by atoms with Crippen LogP contribution in [0.5, 0.6) is 0 Å². The summed E-state index contributed by atoms with van der Waals surface area (Å²) in [6, 6.07) is -0.458. The summed E-state index contributed by atoms with van der Waals surface area (Å²) in [5.74, 6) is -0.405. The van der Waals surface area contributed by atoms with Gasteiger partial charge in [-0.3, -0.25) is 4.79 Å². The predicted molar refractivity (Wildman–Crippen MR) is 53.8 cm³/mol. The molecule has 0 heterocycles. The summed E-state index contributed by atoms with van der Waals surface area (Å²) >= 11 is 0. The van der Waals surface area contributed by atoms with Gasteiger partial charge >= 0.3 is 6.18 Å². The molecule has 0 radical (unpaired) electrons. The molecule has 0 fully saturated rings. The highest BCUT2D eigenvalue weighted by molar-refractivity contribution is 5.76. The lowest BCUT2D eigenvalue weighted by atomic mass is 10.0. The fraction of sp³-hybridized carbons (Fsp3) is 0.900. The number of hydrogen-bond acceptors (Lipinski definition) is 2. The van der Waals surface area contributed by atoms with Gasteiger partial charge in [-0.2, -0.15) is 13.2 Å². The van der Waals surface area contributed by atoms with Crippen molar-refractivity contribution in [3.8, 4) is 0 Å². The number of aliphatic hydroxyl groups is 1. The van der Waals surface area contributed by atoms with Crippen molar-refractivity contribution in [3.63, 3.8) is 0 Å². The molecular formula is C10H18F3NO2. The average molecular weight is 241 g/mol. The molecule has 6 heteroatoms. The number of alkyl halides is 3. The Kier molecular flexibility index (Phi) is 6.40.